The number of benzene rings is 1. The normalized spacial score (nSPS) is 16.8. The van der Waals surface area contributed by atoms with Gasteiger partial charge in [0.1, 0.15) is 11.5 Å². The Balaban J connectivity index is 1.87. The van der Waals surface area contributed by atoms with Gasteiger partial charge in [-0.15, -0.1) is 0 Å². The first-order valence-corrected chi connectivity index (χ1v) is 7.62. The van der Waals surface area contributed by atoms with Crippen molar-refractivity contribution in [2.75, 3.05) is 0 Å². The average molecular weight is 397 g/mol. The van der Waals surface area contributed by atoms with Gasteiger partial charge in [0.25, 0.3) is 11.1 Å². The van der Waals surface area contributed by atoms with Crippen LogP contribution in [0.2, 0.25) is 0 Å². The third kappa shape index (κ3) is 2.80. The van der Waals surface area contributed by atoms with E-state index in [0.29, 0.717) is 10.7 Å². The minimum absolute atomic E-state index is 0.346. The van der Waals surface area contributed by atoms with Crippen LogP contribution in [0.15, 0.2) is 45.7 Å². The van der Waals surface area contributed by atoms with Gasteiger partial charge in [-0.25, -0.2) is 0 Å². The number of carbonyl (C=O) groups is 2. The van der Waals surface area contributed by atoms with Gasteiger partial charge in [-0.05, 0) is 58.6 Å². The largest absolute Gasteiger partial charge is 0.457 e. The number of hydrogen-bond acceptors (Lipinski definition) is 4. The van der Waals surface area contributed by atoms with E-state index in [0.717, 1.165) is 26.7 Å². The Morgan fingerprint density at radius 3 is 2.50 bits per heavy atom. The van der Waals surface area contributed by atoms with Gasteiger partial charge in [-0.2, -0.15) is 0 Å². The minimum Gasteiger partial charge on any atom is -0.457 e. The monoisotopic (exact) mass is 397 g/mol. The molecule has 2 heterocycles. The lowest BCUT2D eigenvalue weighted by Crippen LogP contribution is -2.17. The van der Waals surface area contributed by atoms with Crippen molar-refractivity contribution in [1.82, 2.24) is 5.32 Å². The third-order valence-electron chi connectivity index (χ3n) is 2.67. The van der Waals surface area contributed by atoms with E-state index >= 15 is 0 Å². The summed E-state index contributed by atoms with van der Waals surface area (Å²) in [4.78, 5) is 22.9. The molecule has 4 nitrogen and oxygen atoms in total. The molecule has 1 aliphatic heterocycles. The Morgan fingerprint density at radius 1 is 1.10 bits per heavy atom. The molecule has 1 aliphatic rings. The number of nitrogens with one attached hydrogen (secondary N) is 1. The van der Waals surface area contributed by atoms with Crippen LogP contribution in [0.4, 0.5) is 4.79 Å². The van der Waals surface area contributed by atoms with Crippen LogP contribution in [0.5, 0.6) is 0 Å². The molecule has 0 bridgehead atoms. The number of amides is 2. The molecule has 0 spiro atoms. The molecule has 0 unspecified atom stereocenters. The quantitative estimate of drug-likeness (QED) is 0.618. The van der Waals surface area contributed by atoms with E-state index < -0.39 is 0 Å². The van der Waals surface area contributed by atoms with Crippen molar-refractivity contribution in [3.63, 3.8) is 0 Å². The molecule has 1 saturated heterocycles. The van der Waals surface area contributed by atoms with Crippen molar-refractivity contribution in [1.29, 1.82) is 0 Å². The first-order valence-electron chi connectivity index (χ1n) is 5.72. The summed E-state index contributed by atoms with van der Waals surface area (Å²) < 4.78 is 6.82. The van der Waals surface area contributed by atoms with Crippen molar-refractivity contribution in [2.45, 2.75) is 0 Å². The fraction of sp³-hybridized carbons (Fsp3) is 0. The van der Waals surface area contributed by atoms with E-state index in [1.54, 1.807) is 12.1 Å². The second kappa shape index (κ2) is 5.45. The summed E-state index contributed by atoms with van der Waals surface area (Å²) in [6, 6.07) is 11.5. The van der Waals surface area contributed by atoms with Crippen LogP contribution >= 0.6 is 34.4 Å². The molecule has 1 N–H and O–H groups in total. The van der Waals surface area contributed by atoms with Crippen LogP contribution in [-0.4, -0.2) is 11.1 Å². The van der Waals surface area contributed by atoms with Crippen LogP contribution in [0.3, 0.4) is 0 Å². The number of rotatable bonds is 2. The summed E-state index contributed by atoms with van der Waals surface area (Å²) in [5.74, 6) is 0.890. The Hall–Kier alpha value is -1.54. The van der Waals surface area contributed by atoms with E-state index in [2.05, 4.69) is 27.9 Å². The number of halogens is 1. The number of thioether (sulfide) groups is 1. The molecule has 0 atom stereocenters. The number of carbonyl (C=O) groups excluding carboxylic acids is 2. The number of furan rings is 1. The average Bonchev–Trinajstić information content (AvgIpc) is 2.98. The predicted molar refractivity (Wildman–Crippen MR) is 86.0 cm³/mol. The SMILES string of the molecule is O=C1NC(=O)/C(=C\c2ccc(-c3ccc(I)cc3)o2)S1. The number of hydrogen-bond donors (Lipinski definition) is 1. The van der Waals surface area contributed by atoms with Crippen LogP contribution in [0, 0.1) is 3.57 Å². The van der Waals surface area contributed by atoms with E-state index in [9.17, 15) is 9.59 Å². The second-order valence-electron chi connectivity index (χ2n) is 4.06. The Morgan fingerprint density at radius 2 is 1.85 bits per heavy atom. The van der Waals surface area contributed by atoms with Crippen molar-refractivity contribution < 1.29 is 14.0 Å². The van der Waals surface area contributed by atoms with E-state index in [4.69, 9.17) is 4.42 Å². The zero-order valence-corrected chi connectivity index (χ0v) is 13.0. The molecule has 0 saturated carbocycles. The molecule has 1 aromatic heterocycles. The summed E-state index contributed by atoms with van der Waals surface area (Å²) in [6.07, 6.45) is 1.57. The highest BCUT2D eigenvalue weighted by atomic mass is 127. The van der Waals surface area contributed by atoms with Crippen LogP contribution in [-0.2, 0) is 4.79 Å². The summed E-state index contributed by atoms with van der Waals surface area (Å²) in [5.41, 5.74) is 0.967. The first-order chi connectivity index (χ1) is 9.61. The van der Waals surface area contributed by atoms with Crippen molar-refractivity contribution >= 4 is 51.6 Å². The molecule has 1 fully saturated rings. The fourth-order valence-corrected chi connectivity index (χ4v) is 2.77. The maximum Gasteiger partial charge on any atom is 0.290 e. The second-order valence-corrected chi connectivity index (χ2v) is 6.32. The Bertz CT molecular complexity index is 718. The van der Waals surface area contributed by atoms with Crippen LogP contribution < -0.4 is 5.32 Å². The van der Waals surface area contributed by atoms with Gasteiger partial charge in [-0.1, -0.05) is 12.1 Å². The molecule has 0 radical (unpaired) electrons. The smallest absolute Gasteiger partial charge is 0.290 e. The fourth-order valence-electron chi connectivity index (χ4n) is 1.75. The van der Waals surface area contributed by atoms with Gasteiger partial charge in [0, 0.05) is 15.2 Å². The molecule has 6 heteroatoms. The summed E-state index contributed by atoms with van der Waals surface area (Å²) in [5, 5.41) is 1.85. The zero-order chi connectivity index (χ0) is 14.1. The van der Waals surface area contributed by atoms with E-state index in [1.807, 2.05) is 30.3 Å². The van der Waals surface area contributed by atoms with Gasteiger partial charge < -0.3 is 4.42 Å². The molecule has 100 valence electrons. The summed E-state index contributed by atoms with van der Waals surface area (Å²) >= 11 is 3.11. The van der Waals surface area contributed by atoms with Gasteiger partial charge in [0.05, 0.1) is 4.91 Å². The highest BCUT2D eigenvalue weighted by Crippen LogP contribution is 2.28. The summed E-state index contributed by atoms with van der Waals surface area (Å²) in [6.45, 7) is 0. The maximum absolute atomic E-state index is 11.4. The Kier molecular flexibility index (Phi) is 3.66. The predicted octanol–water partition coefficient (Wildman–Crippen LogP) is 3.88. The molecule has 20 heavy (non-hydrogen) atoms. The van der Waals surface area contributed by atoms with E-state index in [-0.39, 0.29) is 11.1 Å². The van der Waals surface area contributed by atoms with Crippen LogP contribution in [0.25, 0.3) is 17.4 Å². The zero-order valence-electron chi connectivity index (χ0n) is 10.1. The lowest BCUT2D eigenvalue weighted by atomic mass is 10.2. The van der Waals surface area contributed by atoms with Crippen LogP contribution in [0.1, 0.15) is 5.76 Å². The third-order valence-corrected chi connectivity index (χ3v) is 4.20. The Labute approximate surface area is 132 Å². The van der Waals surface area contributed by atoms with E-state index in [1.165, 1.54) is 0 Å². The molecule has 2 amide bonds. The standard InChI is InChI=1S/C14H8INO3S/c15-9-3-1-8(2-4-9)11-6-5-10(19-11)7-12-13(17)16-14(18)20-12/h1-7H,(H,16,17,18)/b12-7+. The molecular weight excluding hydrogens is 389 g/mol. The van der Waals surface area contributed by atoms with Gasteiger partial charge >= 0.3 is 0 Å². The maximum atomic E-state index is 11.4. The minimum atomic E-state index is -0.382. The summed E-state index contributed by atoms with van der Waals surface area (Å²) in [7, 11) is 0. The lowest BCUT2D eigenvalue weighted by Gasteiger charge is -1.96. The molecule has 1 aromatic carbocycles. The van der Waals surface area contributed by atoms with Crippen molar-refractivity contribution in [3.8, 4) is 11.3 Å². The van der Waals surface area contributed by atoms with Crippen molar-refractivity contribution in [3.05, 3.63) is 50.6 Å². The number of imide groups is 1. The topological polar surface area (TPSA) is 59.3 Å². The first kappa shape index (κ1) is 13.4. The van der Waals surface area contributed by atoms with Gasteiger partial charge in [0.2, 0.25) is 0 Å². The van der Waals surface area contributed by atoms with Gasteiger partial charge in [0.15, 0.2) is 0 Å². The van der Waals surface area contributed by atoms with Crippen molar-refractivity contribution in [2.24, 2.45) is 0 Å². The highest BCUT2D eigenvalue weighted by molar-refractivity contribution is 14.1. The molecule has 2 aromatic rings. The highest BCUT2D eigenvalue weighted by Gasteiger charge is 2.25. The molecular formula is C14H8INO3S. The van der Waals surface area contributed by atoms with Gasteiger partial charge in [-0.3, -0.25) is 14.9 Å². The molecule has 3 rings (SSSR count). The molecule has 0 aliphatic carbocycles. The lowest BCUT2D eigenvalue weighted by molar-refractivity contribution is -0.115.